The molecule has 0 radical (unpaired) electrons. The van der Waals surface area contributed by atoms with Crippen molar-refractivity contribution in [3.05, 3.63) is 35.4 Å². The van der Waals surface area contributed by atoms with Crippen LogP contribution in [0.15, 0.2) is 18.2 Å². The third-order valence-corrected chi connectivity index (χ3v) is 3.00. The maximum Gasteiger partial charge on any atom is 0.375 e. The van der Waals surface area contributed by atoms with Crippen LogP contribution in [0, 0.1) is 11.6 Å². The second kappa shape index (κ2) is 3.84. The average Bonchev–Trinajstić information content (AvgIpc) is 3.08. The van der Waals surface area contributed by atoms with E-state index in [-0.39, 0.29) is 5.56 Å². The molecule has 1 fully saturated rings. The van der Waals surface area contributed by atoms with Crippen molar-refractivity contribution < 1.29 is 22.9 Å². The molecule has 0 heterocycles. The van der Waals surface area contributed by atoms with Crippen LogP contribution in [0.2, 0.25) is 0 Å². The lowest BCUT2D eigenvalue weighted by atomic mass is 10.0. The van der Waals surface area contributed by atoms with Gasteiger partial charge in [-0.25, -0.2) is 13.6 Å². The molecular weight excluding hydrogens is 228 g/mol. The highest BCUT2D eigenvalue weighted by Crippen LogP contribution is 2.41. The standard InChI is InChI=1S/C12H10F2NO2/c1-15(7-16)12(4-5-12)11(17)9-3-2-8(13)6-10(9)14/h2-3,6-7H,1,4-5H2/q+1. The Morgan fingerprint density at radius 3 is 2.53 bits per heavy atom. The van der Waals surface area contributed by atoms with Crippen LogP contribution in [0.1, 0.15) is 23.2 Å². The molecule has 0 atom stereocenters. The first-order valence-electron chi connectivity index (χ1n) is 5.06. The normalized spacial score (nSPS) is 16.4. The molecule has 0 aromatic heterocycles. The molecule has 2 rings (SSSR count). The first kappa shape index (κ1) is 11.6. The monoisotopic (exact) mass is 238 g/mol. The summed E-state index contributed by atoms with van der Waals surface area (Å²) in [6.45, 7) is 3.43. The smallest absolute Gasteiger partial charge is 0.286 e. The first-order valence-corrected chi connectivity index (χ1v) is 5.06. The zero-order chi connectivity index (χ0) is 12.6. The van der Waals surface area contributed by atoms with Crippen LogP contribution < -0.4 is 0 Å². The van der Waals surface area contributed by atoms with Gasteiger partial charge in [0.2, 0.25) is 11.3 Å². The molecule has 1 saturated carbocycles. The van der Waals surface area contributed by atoms with Crippen molar-refractivity contribution in [2.75, 3.05) is 0 Å². The quantitative estimate of drug-likeness (QED) is 0.345. The van der Waals surface area contributed by atoms with E-state index in [9.17, 15) is 18.4 Å². The van der Waals surface area contributed by atoms with E-state index in [0.717, 1.165) is 16.7 Å². The molecule has 1 aromatic rings. The summed E-state index contributed by atoms with van der Waals surface area (Å²) in [6, 6.07) is 2.75. The summed E-state index contributed by atoms with van der Waals surface area (Å²) in [5.74, 6) is -2.19. The summed E-state index contributed by atoms with van der Waals surface area (Å²) in [5.41, 5.74) is -1.25. The van der Waals surface area contributed by atoms with E-state index < -0.39 is 23.0 Å². The highest BCUT2D eigenvalue weighted by atomic mass is 19.1. The lowest BCUT2D eigenvalue weighted by Crippen LogP contribution is -2.35. The number of ketones is 1. The minimum Gasteiger partial charge on any atom is -0.286 e. The highest BCUT2D eigenvalue weighted by molar-refractivity contribution is 6.04. The summed E-state index contributed by atoms with van der Waals surface area (Å²) in [4.78, 5) is 22.7. The fraction of sp³-hybridized carbons (Fsp3) is 0.250. The van der Waals surface area contributed by atoms with E-state index in [1.165, 1.54) is 0 Å². The van der Waals surface area contributed by atoms with Gasteiger partial charge < -0.3 is 0 Å². The van der Waals surface area contributed by atoms with Crippen LogP contribution in [-0.4, -0.2) is 29.0 Å². The van der Waals surface area contributed by atoms with Gasteiger partial charge in [0.05, 0.1) is 5.56 Å². The number of benzene rings is 1. The Balaban J connectivity index is 2.38. The molecule has 1 aromatic carbocycles. The van der Waals surface area contributed by atoms with Gasteiger partial charge in [-0.2, -0.15) is 4.58 Å². The molecular formula is C12H10F2NO2+. The zero-order valence-corrected chi connectivity index (χ0v) is 8.95. The van der Waals surface area contributed by atoms with Crippen molar-refractivity contribution in [2.24, 2.45) is 0 Å². The van der Waals surface area contributed by atoms with E-state index in [2.05, 4.69) is 6.72 Å². The number of carbonyl (C=O) groups is 2. The fourth-order valence-electron chi connectivity index (χ4n) is 1.79. The predicted molar refractivity (Wildman–Crippen MR) is 56.1 cm³/mol. The van der Waals surface area contributed by atoms with Gasteiger partial charge in [0.25, 0.3) is 0 Å². The number of amides is 1. The summed E-state index contributed by atoms with van der Waals surface area (Å²) < 4.78 is 27.2. The van der Waals surface area contributed by atoms with Crippen molar-refractivity contribution in [3.8, 4) is 0 Å². The number of nitrogens with zero attached hydrogens (tertiary/aromatic N) is 1. The van der Waals surface area contributed by atoms with E-state index in [4.69, 9.17) is 0 Å². The largest absolute Gasteiger partial charge is 0.375 e. The molecule has 0 spiro atoms. The van der Waals surface area contributed by atoms with Gasteiger partial charge in [-0.05, 0) is 12.1 Å². The minimum absolute atomic E-state index is 0.209. The predicted octanol–water partition coefficient (Wildman–Crippen LogP) is 1.55. The van der Waals surface area contributed by atoms with Crippen LogP contribution in [-0.2, 0) is 4.79 Å². The van der Waals surface area contributed by atoms with Crippen molar-refractivity contribution >= 4 is 18.9 Å². The molecule has 5 heteroatoms. The number of halogens is 2. The van der Waals surface area contributed by atoms with Gasteiger partial charge >= 0.3 is 6.41 Å². The van der Waals surface area contributed by atoms with E-state index >= 15 is 0 Å². The van der Waals surface area contributed by atoms with Crippen molar-refractivity contribution in [2.45, 2.75) is 18.4 Å². The Morgan fingerprint density at radius 1 is 1.41 bits per heavy atom. The van der Waals surface area contributed by atoms with Gasteiger partial charge in [0.15, 0.2) is 0 Å². The molecule has 1 amide bonds. The minimum atomic E-state index is -1.04. The molecule has 0 saturated heterocycles. The van der Waals surface area contributed by atoms with Gasteiger partial charge in [-0.1, -0.05) is 0 Å². The van der Waals surface area contributed by atoms with Crippen LogP contribution in [0.4, 0.5) is 8.78 Å². The molecule has 0 N–H and O–H groups in total. The number of carbonyl (C=O) groups excluding carboxylic acids is 2. The zero-order valence-electron chi connectivity index (χ0n) is 8.95. The third kappa shape index (κ3) is 1.77. The second-order valence-electron chi connectivity index (χ2n) is 4.06. The van der Waals surface area contributed by atoms with E-state index in [1.54, 1.807) is 0 Å². The number of Topliss-reactive ketones (excluding diaryl/α,β-unsaturated/α-hetero) is 1. The van der Waals surface area contributed by atoms with Gasteiger partial charge in [0.1, 0.15) is 18.4 Å². The maximum absolute atomic E-state index is 13.4. The van der Waals surface area contributed by atoms with Crippen LogP contribution >= 0.6 is 0 Å². The lowest BCUT2D eigenvalue weighted by Gasteiger charge is -2.08. The summed E-state index contributed by atoms with van der Waals surface area (Å²) >= 11 is 0. The highest BCUT2D eigenvalue weighted by Gasteiger charge is 2.60. The Bertz CT molecular complexity index is 521. The van der Waals surface area contributed by atoms with Crippen LogP contribution in [0.25, 0.3) is 0 Å². The lowest BCUT2D eigenvalue weighted by molar-refractivity contribution is -0.463. The summed E-state index contributed by atoms with van der Waals surface area (Å²) in [6.07, 6.45) is 1.34. The maximum atomic E-state index is 13.4. The van der Waals surface area contributed by atoms with Crippen molar-refractivity contribution in [3.63, 3.8) is 0 Å². The fourth-order valence-corrected chi connectivity index (χ4v) is 1.79. The van der Waals surface area contributed by atoms with Crippen LogP contribution in [0.5, 0.6) is 0 Å². The Hall–Kier alpha value is -1.91. The molecule has 0 unspecified atom stereocenters. The molecule has 0 bridgehead atoms. The van der Waals surface area contributed by atoms with E-state index in [1.807, 2.05) is 0 Å². The third-order valence-electron chi connectivity index (χ3n) is 3.00. The molecule has 1 aliphatic rings. The summed E-state index contributed by atoms with van der Waals surface area (Å²) in [7, 11) is 0. The topological polar surface area (TPSA) is 37.1 Å². The van der Waals surface area contributed by atoms with Gasteiger partial charge in [-0.3, -0.25) is 4.79 Å². The Kier molecular flexibility index (Phi) is 2.61. The van der Waals surface area contributed by atoms with Gasteiger partial charge in [0, 0.05) is 18.9 Å². The van der Waals surface area contributed by atoms with E-state index in [0.29, 0.717) is 25.3 Å². The second-order valence-corrected chi connectivity index (χ2v) is 4.06. The number of hydrogen-bond acceptors (Lipinski definition) is 2. The van der Waals surface area contributed by atoms with Gasteiger partial charge in [-0.15, -0.1) is 0 Å². The molecule has 1 aliphatic carbocycles. The van der Waals surface area contributed by atoms with Crippen molar-refractivity contribution in [1.82, 2.24) is 0 Å². The first-order chi connectivity index (χ1) is 8.01. The molecule has 88 valence electrons. The van der Waals surface area contributed by atoms with Crippen LogP contribution in [0.3, 0.4) is 0 Å². The SMILES string of the molecule is C=[N+](C=O)C1(C(=O)c2ccc(F)cc2F)CC1. The molecule has 0 aliphatic heterocycles. The average molecular weight is 238 g/mol. The Labute approximate surface area is 96.4 Å². The number of hydrogen-bond donors (Lipinski definition) is 0. The molecule has 3 nitrogen and oxygen atoms in total. The Morgan fingerprint density at radius 2 is 2.06 bits per heavy atom. The van der Waals surface area contributed by atoms with Crippen molar-refractivity contribution in [1.29, 1.82) is 0 Å². The summed E-state index contributed by atoms with van der Waals surface area (Å²) in [5, 5.41) is 0. The number of rotatable bonds is 4. The molecule has 17 heavy (non-hydrogen) atoms.